The van der Waals surface area contributed by atoms with Crippen molar-refractivity contribution in [3.63, 3.8) is 0 Å². The van der Waals surface area contributed by atoms with Gasteiger partial charge in [-0.05, 0) is 99.6 Å². The number of nitrogens with zero attached hydrogens (tertiary/aromatic N) is 1. The third-order valence-electron chi connectivity index (χ3n) is 13.1. The standard InChI is InChI=1S/C43H50F3NO9/c44-43(45,46)27-6-5-7-29(21-27)54-24-28(48)13-14-31-30(33(50)22-34(31)51)8-3-1-2-4-9-37(52)55-35-15-12-26-20-36-42(53)17-16-32(49)40-41(42,38(26)39(35)56-40)18-19-47(36)23-25-10-11-25/h1,3,5-7,12-15,21,25,28,30-31,33-34,36,40,48,50-51,53H,2,4,8-11,16-20,22-24H2/b3-1-,14-13+/t28-,30-,31-,33+,34?,36-,40+,41+,42-/m1/s1. The number of Topliss-reactive ketones (excluding diaryl/α,β-unsaturated/α-hetero) is 1. The van der Waals surface area contributed by atoms with Gasteiger partial charge in [0.1, 0.15) is 18.5 Å². The molecule has 6 aliphatic rings. The molecule has 1 saturated heterocycles. The van der Waals surface area contributed by atoms with E-state index in [1.54, 1.807) is 12.1 Å². The van der Waals surface area contributed by atoms with Crippen LogP contribution in [0.25, 0.3) is 0 Å². The van der Waals surface area contributed by atoms with Crippen LogP contribution in [-0.4, -0.2) is 92.8 Å². The van der Waals surface area contributed by atoms with Gasteiger partial charge in [-0.1, -0.05) is 36.4 Å². The first kappa shape index (κ1) is 39.1. The van der Waals surface area contributed by atoms with Crippen molar-refractivity contribution < 1.29 is 57.4 Å². The van der Waals surface area contributed by atoms with Gasteiger partial charge in [0.15, 0.2) is 23.4 Å². The number of hydrogen-bond acceptors (Lipinski definition) is 10. The maximum absolute atomic E-state index is 13.4. The molecule has 8 rings (SSSR count). The molecule has 2 heterocycles. The maximum Gasteiger partial charge on any atom is 0.416 e. The minimum Gasteiger partial charge on any atom is -0.491 e. The molecule has 2 aromatic rings. The van der Waals surface area contributed by atoms with Crippen molar-refractivity contribution >= 4 is 11.8 Å². The number of benzene rings is 2. The van der Waals surface area contributed by atoms with Crippen molar-refractivity contribution in [1.82, 2.24) is 4.90 Å². The molecule has 4 aliphatic carbocycles. The monoisotopic (exact) mass is 781 g/mol. The molecule has 2 aromatic carbocycles. The van der Waals surface area contributed by atoms with E-state index in [1.807, 2.05) is 18.2 Å². The molecule has 56 heavy (non-hydrogen) atoms. The molecule has 4 N–H and O–H groups in total. The zero-order valence-corrected chi connectivity index (χ0v) is 31.2. The number of unbranched alkanes of at least 4 members (excludes halogenated alkanes) is 1. The molecule has 1 spiro atoms. The number of allylic oxidation sites excluding steroid dienone is 2. The van der Waals surface area contributed by atoms with Crippen molar-refractivity contribution in [2.24, 2.45) is 17.8 Å². The lowest BCUT2D eigenvalue weighted by atomic mass is 9.49. The number of halogens is 3. The Balaban J connectivity index is 0.836. The molecule has 3 saturated carbocycles. The summed E-state index contributed by atoms with van der Waals surface area (Å²) in [5.74, 6) is 0.108. The molecule has 1 unspecified atom stereocenters. The summed E-state index contributed by atoms with van der Waals surface area (Å²) in [6.07, 6.45) is 4.96. The first-order valence-electron chi connectivity index (χ1n) is 20.0. The number of rotatable bonds is 14. The number of alkyl halides is 3. The van der Waals surface area contributed by atoms with Crippen molar-refractivity contribution in [3.05, 3.63) is 77.4 Å². The number of carbonyl (C=O) groups is 2. The fourth-order valence-corrected chi connectivity index (χ4v) is 10.2. The van der Waals surface area contributed by atoms with E-state index in [4.69, 9.17) is 14.2 Å². The second kappa shape index (κ2) is 15.2. The average Bonchev–Trinajstić information content (AvgIpc) is 3.84. The molecule has 0 aromatic heterocycles. The highest BCUT2D eigenvalue weighted by Gasteiger charge is 2.73. The number of carbonyl (C=O) groups excluding carboxylic acids is 2. The molecule has 0 amide bonds. The van der Waals surface area contributed by atoms with Gasteiger partial charge in [-0.3, -0.25) is 14.5 Å². The second-order valence-electron chi connectivity index (χ2n) is 16.7. The lowest BCUT2D eigenvalue weighted by Gasteiger charge is -2.62. The summed E-state index contributed by atoms with van der Waals surface area (Å²) in [7, 11) is 0. The number of ether oxygens (including phenoxy) is 3. The molecule has 302 valence electrons. The fourth-order valence-electron chi connectivity index (χ4n) is 10.2. The first-order valence-corrected chi connectivity index (χ1v) is 20.0. The van der Waals surface area contributed by atoms with Gasteiger partial charge in [-0.2, -0.15) is 13.2 Å². The summed E-state index contributed by atoms with van der Waals surface area (Å²) < 4.78 is 56.6. The largest absolute Gasteiger partial charge is 0.491 e. The zero-order valence-electron chi connectivity index (χ0n) is 31.2. The third kappa shape index (κ3) is 7.18. The van der Waals surface area contributed by atoms with E-state index in [9.17, 15) is 43.2 Å². The predicted molar refractivity (Wildman–Crippen MR) is 197 cm³/mol. The Labute approximate surface area is 323 Å². The molecule has 4 fully saturated rings. The van der Waals surface area contributed by atoms with Crippen LogP contribution in [0.3, 0.4) is 0 Å². The van der Waals surface area contributed by atoms with Crippen LogP contribution in [0, 0.1) is 17.8 Å². The minimum absolute atomic E-state index is 0.0150. The lowest BCUT2D eigenvalue weighted by molar-refractivity contribution is -0.188. The van der Waals surface area contributed by atoms with Crippen molar-refractivity contribution in [1.29, 1.82) is 0 Å². The van der Waals surface area contributed by atoms with Crippen molar-refractivity contribution in [3.8, 4) is 17.2 Å². The molecule has 13 heteroatoms. The third-order valence-corrected chi connectivity index (χ3v) is 13.1. The first-order chi connectivity index (χ1) is 26.8. The van der Waals surface area contributed by atoms with Gasteiger partial charge in [0.2, 0.25) is 0 Å². The Hall–Kier alpha value is -3.75. The Morgan fingerprint density at radius 2 is 1.93 bits per heavy atom. The Bertz CT molecular complexity index is 1880. The van der Waals surface area contributed by atoms with Gasteiger partial charge in [-0.15, -0.1) is 0 Å². The fraction of sp³-hybridized carbons (Fsp3) is 0.581. The van der Waals surface area contributed by atoms with Gasteiger partial charge in [0.05, 0.1) is 28.8 Å². The molecule has 10 nitrogen and oxygen atoms in total. The molecular weight excluding hydrogens is 731 g/mol. The number of likely N-dealkylation sites (tertiary alicyclic amines) is 1. The van der Waals surface area contributed by atoms with E-state index in [1.165, 1.54) is 31.1 Å². The lowest BCUT2D eigenvalue weighted by Crippen LogP contribution is -2.76. The number of aliphatic hydroxyl groups excluding tert-OH is 3. The van der Waals surface area contributed by atoms with Crippen LogP contribution in [0.5, 0.6) is 17.2 Å². The summed E-state index contributed by atoms with van der Waals surface area (Å²) in [6, 6.07) is 8.03. The smallest absolute Gasteiger partial charge is 0.416 e. The highest BCUT2D eigenvalue weighted by atomic mass is 19.4. The van der Waals surface area contributed by atoms with Crippen LogP contribution in [0.2, 0.25) is 0 Å². The van der Waals surface area contributed by atoms with Crippen LogP contribution in [0.15, 0.2) is 60.7 Å². The predicted octanol–water partition coefficient (Wildman–Crippen LogP) is 5.21. The molecule has 2 bridgehead atoms. The number of esters is 1. The van der Waals surface area contributed by atoms with Gasteiger partial charge in [0.25, 0.3) is 0 Å². The molecule has 0 radical (unpaired) electrons. The minimum atomic E-state index is -4.52. The molecule has 9 atom stereocenters. The summed E-state index contributed by atoms with van der Waals surface area (Å²) in [4.78, 5) is 28.9. The summed E-state index contributed by atoms with van der Waals surface area (Å²) >= 11 is 0. The topological polar surface area (TPSA) is 146 Å². The van der Waals surface area contributed by atoms with E-state index < -0.39 is 59.1 Å². The zero-order chi connectivity index (χ0) is 39.4. The van der Waals surface area contributed by atoms with E-state index in [0.29, 0.717) is 50.2 Å². The highest BCUT2D eigenvalue weighted by molar-refractivity contribution is 5.90. The van der Waals surface area contributed by atoms with E-state index >= 15 is 0 Å². The van der Waals surface area contributed by atoms with Crippen LogP contribution >= 0.6 is 0 Å². The van der Waals surface area contributed by atoms with Gasteiger partial charge < -0.3 is 34.6 Å². The number of piperidine rings is 1. The summed E-state index contributed by atoms with van der Waals surface area (Å²) in [6.45, 7) is 1.47. The molecule has 2 aliphatic heterocycles. The van der Waals surface area contributed by atoms with E-state index in [-0.39, 0.29) is 55.1 Å². The highest BCUT2D eigenvalue weighted by Crippen LogP contribution is 2.65. The van der Waals surface area contributed by atoms with E-state index in [0.717, 1.165) is 36.3 Å². The number of ketones is 1. The van der Waals surface area contributed by atoms with Gasteiger partial charge >= 0.3 is 12.1 Å². The Morgan fingerprint density at radius 3 is 2.71 bits per heavy atom. The molecular formula is C43H50F3NO9. The van der Waals surface area contributed by atoms with Crippen molar-refractivity contribution in [2.75, 3.05) is 19.7 Å². The van der Waals surface area contributed by atoms with Gasteiger partial charge in [-0.25, -0.2) is 0 Å². The normalized spacial score (nSPS) is 32.8. The Morgan fingerprint density at radius 1 is 1.11 bits per heavy atom. The average molecular weight is 782 g/mol. The van der Waals surface area contributed by atoms with Crippen LogP contribution in [-0.2, 0) is 27.6 Å². The summed E-state index contributed by atoms with van der Waals surface area (Å²) in [5.41, 5.74) is -0.895. The van der Waals surface area contributed by atoms with Gasteiger partial charge in [0, 0.05) is 43.3 Å². The number of hydrogen-bond donors (Lipinski definition) is 4. The summed E-state index contributed by atoms with van der Waals surface area (Å²) in [5, 5.41) is 44.1. The van der Waals surface area contributed by atoms with Crippen molar-refractivity contribution in [2.45, 2.75) is 118 Å². The van der Waals surface area contributed by atoms with Crippen LogP contribution in [0.4, 0.5) is 13.2 Å². The second-order valence-corrected chi connectivity index (χ2v) is 16.7. The maximum atomic E-state index is 13.4. The van der Waals surface area contributed by atoms with Crippen LogP contribution < -0.4 is 14.2 Å². The van der Waals surface area contributed by atoms with E-state index in [2.05, 4.69) is 4.90 Å². The number of aliphatic hydroxyl groups is 4. The quantitative estimate of drug-likeness (QED) is 0.0873. The SMILES string of the molecule is O=C(CCC/C=C\C[C@H]1[C@@H](O)CC(O)[C@@H]1/C=C/[C@@H](O)COc1cccc(C(F)(F)F)c1)Oc1ccc2c3c1O[C@H]1C(=O)CC[C@@]4(O)[C@@H](C2)N(CC2CC2)CC[C@]314. The Kier molecular flexibility index (Phi) is 10.6. The van der Waals surface area contributed by atoms with Crippen LogP contribution in [0.1, 0.15) is 80.9 Å².